The molecule has 138 heavy (non-hydrogen) atoms. The van der Waals surface area contributed by atoms with Gasteiger partial charge in [0.05, 0.1) is 97.9 Å². The van der Waals surface area contributed by atoms with E-state index in [2.05, 4.69) is 158 Å². The zero-order valence-corrected chi connectivity index (χ0v) is 80.5. The predicted octanol–water partition coefficient (Wildman–Crippen LogP) is 15.0. The van der Waals surface area contributed by atoms with Crippen LogP contribution in [0.5, 0.6) is 0 Å². The number of nitrogens with zero attached hydrogens (tertiary/aromatic N) is 10. The summed E-state index contributed by atoms with van der Waals surface area (Å²) < 4.78 is 40.6. The van der Waals surface area contributed by atoms with E-state index in [9.17, 15) is 56.1 Å². The minimum absolute atomic E-state index is 0.0378. The van der Waals surface area contributed by atoms with Gasteiger partial charge in [-0.1, -0.05) is 149 Å². The van der Waals surface area contributed by atoms with Gasteiger partial charge in [-0.15, -0.1) is 0 Å². The zero-order valence-electron chi connectivity index (χ0n) is 79.7. The molecule has 7 N–H and O–H groups in total. The fourth-order valence-corrected chi connectivity index (χ4v) is 20.5. The average Bonchev–Trinajstić information content (AvgIpc) is 1.68. The van der Waals surface area contributed by atoms with Crippen molar-refractivity contribution in [2.75, 3.05) is 110 Å². The lowest BCUT2D eigenvalue weighted by Gasteiger charge is -2.33. The molecule has 0 spiro atoms. The van der Waals surface area contributed by atoms with Crippen molar-refractivity contribution >= 4 is 114 Å². The third-order valence-electron chi connectivity index (χ3n) is 27.5. The summed E-state index contributed by atoms with van der Waals surface area (Å²) in [6.45, 7) is 16.1. The lowest BCUT2D eigenvalue weighted by molar-refractivity contribution is -0.438. The maximum atomic E-state index is 14.1. The molecule has 0 bridgehead atoms. The SMILES string of the molecule is CC1(C)C(/C=C/C=C/C=C2/N(CCCCCC(=O)NCc3cc(C(=O)NCCNC(=O)CCc4cn(CCCCC5CCN(CC(=O)N6c7ccccc7NC(=O)c7ccccc76)CC5)cn4)cc(C(=O)NCCNC(=O)CCc4cn(CCCCC5CCN(CC(=O)N6c7ccccc7NC(=O)c7ccccc76)CC5)cn4)c3)c3ccccc3C2(C)C)=[N+](CCCCS(=O)(=O)[O-])c2ccccc21. The van der Waals surface area contributed by atoms with E-state index in [1.165, 1.54) is 17.2 Å². The highest BCUT2D eigenvalue weighted by Crippen LogP contribution is 2.49. The Kier molecular flexibility index (Phi) is 33.6. The summed E-state index contributed by atoms with van der Waals surface area (Å²) in [5.74, 6) is -1.44. The molecule has 0 atom stereocenters. The normalized spacial score (nSPS) is 16.2. The fraction of sp³-hybridized carbons (Fsp3) is 0.407. The van der Waals surface area contributed by atoms with Crippen molar-refractivity contribution in [3.63, 3.8) is 0 Å². The first-order valence-electron chi connectivity index (χ1n) is 49.0. The number of amides is 9. The Morgan fingerprint density at radius 1 is 0.486 bits per heavy atom. The smallest absolute Gasteiger partial charge is 0.257 e. The molecule has 0 unspecified atom stereocenters. The van der Waals surface area contributed by atoms with E-state index in [0.717, 1.165) is 157 Å². The van der Waals surface area contributed by atoms with Crippen molar-refractivity contribution in [3.05, 3.63) is 275 Å². The second-order valence-electron chi connectivity index (χ2n) is 38.0. The van der Waals surface area contributed by atoms with Crippen LogP contribution < -0.4 is 51.9 Å². The van der Waals surface area contributed by atoms with Gasteiger partial charge >= 0.3 is 0 Å². The number of hydrogen-bond donors (Lipinski definition) is 7. The van der Waals surface area contributed by atoms with Gasteiger partial charge < -0.3 is 55.8 Å². The van der Waals surface area contributed by atoms with Gasteiger partial charge in [-0.05, 0) is 212 Å². The number of carbonyl (C=O) groups excluding carboxylic acids is 9. The summed E-state index contributed by atoms with van der Waals surface area (Å²) in [4.78, 5) is 142. The third-order valence-corrected chi connectivity index (χ3v) is 28.2. The Hall–Kier alpha value is -13.3. The van der Waals surface area contributed by atoms with Crippen LogP contribution in [0.25, 0.3) is 0 Å². The summed E-state index contributed by atoms with van der Waals surface area (Å²) in [5, 5.41) is 20.6. The van der Waals surface area contributed by atoms with Crippen molar-refractivity contribution in [2.24, 2.45) is 11.8 Å². The molecule has 30 heteroatoms. The number of allylic oxidation sites excluding steroid dienone is 6. The van der Waals surface area contributed by atoms with Crippen molar-refractivity contribution in [3.8, 4) is 0 Å². The van der Waals surface area contributed by atoms with Gasteiger partial charge in [-0.2, -0.15) is 4.58 Å². The standard InChI is InChI=1S/C108H129N17O12S/c1-107(2)86-33-12-18-39-92(86)122(96(107)43-7-5-8-44-97-108(3,4)87-34-13-19-40-93(87)123(97)61-27-28-66-138(135,136)137)60-24-6-9-45-98(126)113-70-79-67-80(103(131)111-56-54-109-99(127)48-46-82-71-120(75-114-82)58-25-22-29-77-50-62-118(63-51-77)73-101(129)124-90-37-16-10-31-84(90)105(133)116-88-35-14-20-41-94(88)124)69-81(68-79)104(132)112-57-55-110-100(128)49-47-83-72-121(76-115-83)59-26-23-30-78-52-64-119(65-53-78)74-102(130)125-91-38-17-11-32-85(91)106(134)117-89-36-15-21-42-95(89)125/h5,7-8,10-21,31-44,67-69,71-72,75-78H,6,9,22-30,45-66,70,73-74H2,1-4H3,(H7-,109,110,111,112,113,116,117,126,127,128,131,132,133,134,135,136,137). The highest BCUT2D eigenvalue weighted by Gasteiger charge is 2.45. The first kappa shape index (κ1) is 99.2. The number of fused-ring (bicyclic) bond motifs is 6. The molecule has 6 aliphatic rings. The lowest BCUT2D eigenvalue weighted by atomic mass is 9.81. The largest absolute Gasteiger partial charge is 0.748 e. The van der Waals surface area contributed by atoms with E-state index in [4.69, 9.17) is 0 Å². The summed E-state index contributed by atoms with van der Waals surface area (Å²) in [5.41, 5.74) is 13.3. The van der Waals surface area contributed by atoms with E-state index >= 15 is 0 Å². The third kappa shape index (κ3) is 25.7. The topological polar surface area (TPSA) is 350 Å². The molecule has 2 fully saturated rings. The molecule has 9 amide bonds. The fourth-order valence-electron chi connectivity index (χ4n) is 20.0. The van der Waals surface area contributed by atoms with Crippen LogP contribution in [0, 0.1) is 11.8 Å². The number of carbonyl (C=O) groups is 9. The average molecular weight is 1890 g/mol. The second kappa shape index (κ2) is 46.7. The number of hydrogen-bond acceptors (Lipinski definition) is 17. The summed E-state index contributed by atoms with van der Waals surface area (Å²) in [6.07, 6.45) is 32.8. The summed E-state index contributed by atoms with van der Waals surface area (Å²) >= 11 is 0. The van der Waals surface area contributed by atoms with Crippen LogP contribution in [0.15, 0.2) is 225 Å². The summed E-state index contributed by atoms with van der Waals surface area (Å²) in [7, 11) is -4.30. The second-order valence-corrected chi connectivity index (χ2v) is 39.6. The van der Waals surface area contributed by atoms with Gasteiger partial charge in [0.15, 0.2) is 5.71 Å². The molecule has 0 aliphatic carbocycles. The van der Waals surface area contributed by atoms with Crippen molar-refractivity contribution in [1.82, 2.24) is 55.5 Å². The minimum atomic E-state index is -4.30. The highest BCUT2D eigenvalue weighted by atomic mass is 32.2. The number of anilines is 7. The molecular weight excluding hydrogens is 1760 g/mol. The van der Waals surface area contributed by atoms with Gasteiger partial charge in [0.1, 0.15) is 6.54 Å². The van der Waals surface area contributed by atoms with Gasteiger partial charge in [0.2, 0.25) is 35.2 Å². The number of rotatable bonds is 44. The van der Waals surface area contributed by atoms with Crippen molar-refractivity contribution in [2.45, 2.75) is 187 Å². The number of likely N-dealkylation sites (tertiary alicyclic amines) is 2. The number of piperidine rings is 2. The van der Waals surface area contributed by atoms with E-state index in [-0.39, 0.29) is 141 Å². The molecular formula is C108H129N17O12S. The van der Waals surface area contributed by atoms with Gasteiger partial charge in [0.25, 0.3) is 23.6 Å². The van der Waals surface area contributed by atoms with Crippen LogP contribution in [-0.2, 0) is 77.4 Å². The molecule has 6 aliphatic heterocycles. The molecule has 0 radical (unpaired) electrons. The van der Waals surface area contributed by atoms with Gasteiger partial charge in [0, 0.05) is 142 Å². The summed E-state index contributed by atoms with van der Waals surface area (Å²) in [6, 6.07) is 50.7. The number of para-hydroxylation sites is 8. The number of imidazole rings is 2. The Morgan fingerprint density at radius 2 is 0.957 bits per heavy atom. The van der Waals surface area contributed by atoms with E-state index in [1.807, 2.05) is 109 Å². The molecule has 0 saturated carbocycles. The predicted molar refractivity (Wildman–Crippen MR) is 537 cm³/mol. The molecule has 15 rings (SSSR count). The lowest BCUT2D eigenvalue weighted by Crippen LogP contribution is -2.42. The van der Waals surface area contributed by atoms with E-state index in [1.54, 1.807) is 58.9 Å². The molecule has 2 saturated heterocycles. The quantitative estimate of drug-likeness (QED) is 0.00807. The monoisotopic (exact) mass is 1890 g/mol. The number of nitrogens with one attached hydrogen (secondary N) is 7. The number of unbranched alkanes of at least 4 members (excludes halogenated alkanes) is 5. The van der Waals surface area contributed by atoms with Gasteiger partial charge in [-0.25, -0.2) is 18.4 Å². The molecule has 9 aromatic rings. The maximum Gasteiger partial charge on any atom is 0.257 e. The van der Waals surface area contributed by atoms with Crippen LogP contribution in [0.1, 0.15) is 213 Å². The van der Waals surface area contributed by atoms with Crippen molar-refractivity contribution in [1.29, 1.82) is 0 Å². The highest BCUT2D eigenvalue weighted by molar-refractivity contribution is 7.85. The van der Waals surface area contributed by atoms with Crippen molar-refractivity contribution < 1.29 is 60.7 Å². The van der Waals surface area contributed by atoms with Crippen LogP contribution in [-0.4, -0.2) is 190 Å². The number of aromatic nitrogens is 4. The maximum absolute atomic E-state index is 14.1. The van der Waals surface area contributed by atoms with Crippen LogP contribution >= 0.6 is 0 Å². The van der Waals surface area contributed by atoms with Crippen LogP contribution in [0.3, 0.4) is 0 Å². The first-order chi connectivity index (χ1) is 66.8. The van der Waals surface area contributed by atoms with Gasteiger partial charge in [-0.3, -0.25) is 62.8 Å². The Bertz CT molecular complexity index is 5910. The molecule has 29 nitrogen and oxygen atoms in total. The molecule has 7 aromatic carbocycles. The first-order valence-corrected chi connectivity index (χ1v) is 50.6. The Balaban J connectivity index is 0.491. The van der Waals surface area contributed by atoms with E-state index < -0.39 is 21.9 Å². The molecule has 8 heterocycles. The Morgan fingerprint density at radius 3 is 1.49 bits per heavy atom. The van der Waals surface area contributed by atoms with E-state index in [0.29, 0.717) is 94.9 Å². The minimum Gasteiger partial charge on any atom is -0.748 e. The molecule has 724 valence electrons. The number of benzene rings is 7. The Labute approximate surface area is 809 Å². The molecule has 2 aromatic heterocycles. The van der Waals surface area contributed by atoms with Crippen LogP contribution in [0.4, 0.5) is 45.5 Å². The zero-order chi connectivity index (χ0) is 96.7. The number of aryl methyl sites for hydroxylation is 4. The van der Waals surface area contributed by atoms with Crippen LogP contribution in [0.2, 0.25) is 0 Å².